The van der Waals surface area contributed by atoms with Gasteiger partial charge in [0.1, 0.15) is 5.75 Å². The number of nitrogens with zero attached hydrogens (tertiary/aromatic N) is 1. The van der Waals surface area contributed by atoms with E-state index in [9.17, 15) is 0 Å². The third-order valence-corrected chi connectivity index (χ3v) is 4.62. The van der Waals surface area contributed by atoms with Crippen molar-refractivity contribution in [3.8, 4) is 5.75 Å². The predicted octanol–water partition coefficient (Wildman–Crippen LogP) is 3.58. The van der Waals surface area contributed by atoms with Crippen LogP contribution in [-0.4, -0.2) is 30.6 Å². The number of nitrogens with two attached hydrogens (primary N) is 1. The van der Waals surface area contributed by atoms with Crippen LogP contribution in [0.2, 0.25) is 0 Å². The van der Waals surface area contributed by atoms with Gasteiger partial charge in [0.25, 0.3) is 0 Å². The zero-order chi connectivity index (χ0) is 14.8. The maximum absolute atomic E-state index is 6.07. The van der Waals surface area contributed by atoms with Gasteiger partial charge in [-0.1, -0.05) is 30.3 Å². The lowest BCUT2D eigenvalue weighted by atomic mass is 9.97. The Morgan fingerprint density at radius 1 is 1.18 bits per heavy atom. The number of piperidine rings is 1. The highest BCUT2D eigenvalue weighted by molar-refractivity contribution is 5.91. The number of hydrogen-bond donors (Lipinski definition) is 1. The summed E-state index contributed by atoms with van der Waals surface area (Å²) < 4.78 is 5.48. The standard InChI is InChI=1S/C18H24N2O.ClH/c1-13-11-15(19)9-10-20(13)12-14-7-8-18(21-2)17-6-4-3-5-16(14)17;/h3-8,13,15H,9-12,19H2,1-2H3;1H. The number of benzene rings is 2. The SMILES string of the molecule is COc1ccc(CN2CCC(N)CC2C)c2ccccc12.Cl. The topological polar surface area (TPSA) is 38.5 Å². The van der Waals surface area contributed by atoms with Gasteiger partial charge >= 0.3 is 0 Å². The number of methoxy groups -OCH3 is 1. The minimum absolute atomic E-state index is 0. The summed E-state index contributed by atoms with van der Waals surface area (Å²) in [5.74, 6) is 0.947. The number of ether oxygens (including phenoxy) is 1. The minimum atomic E-state index is 0. The zero-order valence-electron chi connectivity index (χ0n) is 13.3. The van der Waals surface area contributed by atoms with Crippen LogP contribution in [0.4, 0.5) is 0 Å². The van der Waals surface area contributed by atoms with E-state index in [0.29, 0.717) is 12.1 Å². The van der Waals surface area contributed by atoms with Crippen LogP contribution in [0.25, 0.3) is 10.8 Å². The van der Waals surface area contributed by atoms with E-state index in [0.717, 1.165) is 31.7 Å². The maximum atomic E-state index is 6.07. The number of hydrogen-bond acceptors (Lipinski definition) is 3. The molecule has 2 unspecified atom stereocenters. The van der Waals surface area contributed by atoms with Crippen LogP contribution in [-0.2, 0) is 6.54 Å². The van der Waals surface area contributed by atoms with Gasteiger partial charge in [0.05, 0.1) is 7.11 Å². The molecular weight excluding hydrogens is 296 g/mol. The van der Waals surface area contributed by atoms with Gasteiger partial charge in [0.15, 0.2) is 0 Å². The average Bonchev–Trinajstić information content (AvgIpc) is 2.50. The Bertz CT molecular complexity index is 632. The molecule has 120 valence electrons. The van der Waals surface area contributed by atoms with Crippen molar-refractivity contribution in [2.75, 3.05) is 13.7 Å². The third-order valence-electron chi connectivity index (χ3n) is 4.62. The average molecular weight is 321 g/mol. The van der Waals surface area contributed by atoms with Crippen molar-refractivity contribution < 1.29 is 4.74 Å². The lowest BCUT2D eigenvalue weighted by Crippen LogP contribution is -2.44. The second kappa shape index (κ2) is 7.32. The molecule has 0 saturated carbocycles. The smallest absolute Gasteiger partial charge is 0.126 e. The first-order chi connectivity index (χ1) is 10.2. The van der Waals surface area contributed by atoms with Crippen LogP contribution in [0.1, 0.15) is 25.3 Å². The normalized spacial score (nSPS) is 22.3. The van der Waals surface area contributed by atoms with Crippen LogP contribution in [0.15, 0.2) is 36.4 Å². The van der Waals surface area contributed by atoms with E-state index < -0.39 is 0 Å². The predicted molar refractivity (Wildman–Crippen MR) is 94.8 cm³/mol. The lowest BCUT2D eigenvalue weighted by Gasteiger charge is -2.36. The first-order valence-electron chi connectivity index (χ1n) is 7.73. The Balaban J connectivity index is 0.00000176. The molecule has 3 nitrogen and oxygen atoms in total. The van der Waals surface area contributed by atoms with E-state index in [-0.39, 0.29) is 12.4 Å². The molecule has 0 radical (unpaired) electrons. The summed E-state index contributed by atoms with van der Waals surface area (Å²) in [5.41, 5.74) is 7.44. The van der Waals surface area contributed by atoms with Crippen LogP contribution in [0.5, 0.6) is 5.75 Å². The van der Waals surface area contributed by atoms with E-state index in [1.165, 1.54) is 16.3 Å². The number of rotatable bonds is 3. The Kier molecular flexibility index (Phi) is 5.68. The highest BCUT2D eigenvalue weighted by Crippen LogP contribution is 2.30. The second-order valence-corrected chi connectivity index (χ2v) is 6.08. The summed E-state index contributed by atoms with van der Waals surface area (Å²) >= 11 is 0. The summed E-state index contributed by atoms with van der Waals surface area (Å²) in [6, 6.07) is 13.7. The molecule has 1 aliphatic heterocycles. The fourth-order valence-electron chi connectivity index (χ4n) is 3.36. The van der Waals surface area contributed by atoms with Crippen LogP contribution in [0, 0.1) is 0 Å². The zero-order valence-corrected chi connectivity index (χ0v) is 14.1. The maximum Gasteiger partial charge on any atom is 0.126 e. The van der Waals surface area contributed by atoms with Crippen molar-refractivity contribution in [1.82, 2.24) is 4.90 Å². The molecule has 2 atom stereocenters. The summed E-state index contributed by atoms with van der Waals surface area (Å²) in [4.78, 5) is 2.54. The molecule has 0 bridgehead atoms. The third kappa shape index (κ3) is 3.37. The van der Waals surface area contributed by atoms with E-state index in [1.807, 2.05) is 0 Å². The van der Waals surface area contributed by atoms with E-state index in [2.05, 4.69) is 48.2 Å². The molecule has 2 aromatic carbocycles. The van der Waals surface area contributed by atoms with Gasteiger partial charge in [-0.05, 0) is 36.8 Å². The molecule has 4 heteroatoms. The van der Waals surface area contributed by atoms with Gasteiger partial charge in [-0.15, -0.1) is 12.4 Å². The Morgan fingerprint density at radius 2 is 1.91 bits per heavy atom. The molecule has 3 rings (SSSR count). The van der Waals surface area contributed by atoms with Crippen LogP contribution >= 0.6 is 12.4 Å². The molecular formula is C18H25ClN2O. The van der Waals surface area contributed by atoms with E-state index in [4.69, 9.17) is 10.5 Å². The molecule has 0 amide bonds. The van der Waals surface area contributed by atoms with Crippen molar-refractivity contribution in [2.45, 2.75) is 38.4 Å². The molecule has 1 aliphatic rings. The second-order valence-electron chi connectivity index (χ2n) is 6.08. The molecule has 0 aromatic heterocycles. The Morgan fingerprint density at radius 3 is 2.59 bits per heavy atom. The molecule has 22 heavy (non-hydrogen) atoms. The fraction of sp³-hybridized carbons (Fsp3) is 0.444. The summed E-state index contributed by atoms with van der Waals surface area (Å²) in [6.07, 6.45) is 2.19. The van der Waals surface area contributed by atoms with Crippen molar-refractivity contribution in [2.24, 2.45) is 5.73 Å². The molecule has 1 heterocycles. The van der Waals surface area contributed by atoms with Gasteiger partial charge in [-0.25, -0.2) is 0 Å². The van der Waals surface area contributed by atoms with Crippen molar-refractivity contribution >= 4 is 23.2 Å². The van der Waals surface area contributed by atoms with E-state index >= 15 is 0 Å². The van der Waals surface area contributed by atoms with Gasteiger partial charge in [0.2, 0.25) is 0 Å². The number of fused-ring (bicyclic) bond motifs is 1. The summed E-state index contributed by atoms with van der Waals surface area (Å²) in [5, 5.41) is 2.48. The molecule has 0 aliphatic carbocycles. The largest absolute Gasteiger partial charge is 0.496 e. The highest BCUT2D eigenvalue weighted by atomic mass is 35.5. The van der Waals surface area contributed by atoms with Gasteiger partial charge < -0.3 is 10.5 Å². The minimum Gasteiger partial charge on any atom is -0.496 e. The molecule has 1 saturated heterocycles. The number of likely N-dealkylation sites (tertiary alicyclic amines) is 1. The first kappa shape index (κ1) is 17.1. The Hall–Kier alpha value is -1.29. The van der Waals surface area contributed by atoms with Gasteiger partial charge in [-0.3, -0.25) is 4.90 Å². The summed E-state index contributed by atoms with van der Waals surface area (Å²) in [6.45, 7) is 4.35. The monoisotopic (exact) mass is 320 g/mol. The lowest BCUT2D eigenvalue weighted by molar-refractivity contribution is 0.140. The van der Waals surface area contributed by atoms with Gasteiger partial charge in [-0.2, -0.15) is 0 Å². The molecule has 2 aromatic rings. The number of halogens is 1. The van der Waals surface area contributed by atoms with Gasteiger partial charge in [0, 0.05) is 30.6 Å². The molecule has 2 N–H and O–H groups in total. The fourth-order valence-corrected chi connectivity index (χ4v) is 3.36. The quantitative estimate of drug-likeness (QED) is 0.939. The Labute approximate surface area is 138 Å². The molecule has 0 spiro atoms. The summed E-state index contributed by atoms with van der Waals surface area (Å²) in [7, 11) is 1.73. The molecule has 1 fully saturated rings. The van der Waals surface area contributed by atoms with Crippen molar-refractivity contribution in [3.63, 3.8) is 0 Å². The van der Waals surface area contributed by atoms with Crippen LogP contribution in [0.3, 0.4) is 0 Å². The highest BCUT2D eigenvalue weighted by Gasteiger charge is 2.23. The van der Waals surface area contributed by atoms with Crippen molar-refractivity contribution in [1.29, 1.82) is 0 Å². The van der Waals surface area contributed by atoms with E-state index in [1.54, 1.807) is 7.11 Å². The van der Waals surface area contributed by atoms with Crippen molar-refractivity contribution in [3.05, 3.63) is 42.0 Å². The first-order valence-corrected chi connectivity index (χ1v) is 7.73. The van der Waals surface area contributed by atoms with Crippen LogP contribution < -0.4 is 10.5 Å².